The van der Waals surface area contributed by atoms with Gasteiger partial charge in [-0.15, -0.1) is 5.10 Å². The van der Waals surface area contributed by atoms with Gasteiger partial charge < -0.3 is 10.2 Å². The lowest BCUT2D eigenvalue weighted by molar-refractivity contribution is -0.207. The Morgan fingerprint density at radius 2 is 1.93 bits per heavy atom. The van der Waals surface area contributed by atoms with Gasteiger partial charge in [-0.05, 0) is 34.2 Å². The number of benzene rings is 1. The van der Waals surface area contributed by atoms with Crippen molar-refractivity contribution in [3.05, 3.63) is 77.4 Å². The van der Waals surface area contributed by atoms with E-state index in [1.807, 2.05) is 0 Å². The van der Waals surface area contributed by atoms with Gasteiger partial charge >= 0.3 is 5.92 Å². The van der Waals surface area contributed by atoms with Crippen LogP contribution in [0.2, 0.25) is 0 Å². The number of nitrogens with zero attached hydrogens (tertiary/aromatic N) is 5. The highest BCUT2D eigenvalue weighted by Gasteiger charge is 2.57. The van der Waals surface area contributed by atoms with E-state index in [2.05, 4.69) is 20.5 Å². The molecule has 152 valence electrons. The molecule has 1 aromatic carbocycles. The minimum absolute atomic E-state index is 0.243. The Balaban J connectivity index is 2.10. The summed E-state index contributed by atoms with van der Waals surface area (Å²) in [5.41, 5.74) is -4.45. The largest absolute Gasteiger partial charge is 0.392 e. The second-order valence-corrected chi connectivity index (χ2v) is 6.13. The van der Waals surface area contributed by atoms with E-state index >= 15 is 8.78 Å². The SMILES string of the molecule is OCC=Cc1ccc(C(F)(F)C(O)(Cn2cnnn2)c2ccc(F)cc2F)nc1. The normalized spacial score (nSPS) is 14.3. The van der Waals surface area contributed by atoms with E-state index in [9.17, 15) is 13.9 Å². The lowest BCUT2D eigenvalue weighted by Crippen LogP contribution is -2.48. The summed E-state index contributed by atoms with van der Waals surface area (Å²) in [6.45, 7) is -1.17. The second kappa shape index (κ2) is 8.05. The van der Waals surface area contributed by atoms with Crippen molar-refractivity contribution in [2.24, 2.45) is 0 Å². The highest BCUT2D eigenvalue weighted by Crippen LogP contribution is 2.46. The smallest absolute Gasteiger partial charge is 0.323 e. The third-order valence-corrected chi connectivity index (χ3v) is 4.20. The van der Waals surface area contributed by atoms with Crippen LogP contribution in [0.25, 0.3) is 6.08 Å². The summed E-state index contributed by atoms with van der Waals surface area (Å²) in [6.07, 6.45) is 4.92. The number of aliphatic hydroxyl groups is 2. The van der Waals surface area contributed by atoms with Crippen LogP contribution in [0.4, 0.5) is 17.6 Å². The number of aromatic nitrogens is 5. The average molecular weight is 409 g/mol. The van der Waals surface area contributed by atoms with E-state index in [1.54, 1.807) is 0 Å². The molecule has 2 heterocycles. The highest BCUT2D eigenvalue weighted by molar-refractivity contribution is 5.48. The minimum atomic E-state index is -4.11. The van der Waals surface area contributed by atoms with Crippen LogP contribution in [0.15, 0.2) is 48.9 Å². The average Bonchev–Trinajstić information content (AvgIpc) is 3.19. The van der Waals surface area contributed by atoms with E-state index in [4.69, 9.17) is 5.11 Å². The predicted octanol–water partition coefficient (Wildman–Crippen LogP) is 2.03. The van der Waals surface area contributed by atoms with Gasteiger partial charge in [-0.25, -0.2) is 13.5 Å². The highest BCUT2D eigenvalue weighted by atomic mass is 19.3. The second-order valence-electron chi connectivity index (χ2n) is 6.13. The third-order valence-electron chi connectivity index (χ3n) is 4.20. The number of rotatable bonds is 7. The Bertz CT molecular complexity index is 996. The fraction of sp³-hybridized carbons (Fsp3) is 0.222. The molecule has 0 saturated heterocycles. The van der Waals surface area contributed by atoms with Crippen molar-refractivity contribution in [3.8, 4) is 0 Å². The van der Waals surface area contributed by atoms with Crippen LogP contribution < -0.4 is 0 Å². The molecule has 0 spiro atoms. The van der Waals surface area contributed by atoms with Gasteiger partial charge in [0.25, 0.3) is 0 Å². The summed E-state index contributed by atoms with van der Waals surface area (Å²) in [5.74, 6) is -6.46. The van der Waals surface area contributed by atoms with Gasteiger partial charge in [0.2, 0.25) is 0 Å². The number of halogens is 4. The monoisotopic (exact) mass is 409 g/mol. The van der Waals surface area contributed by atoms with E-state index in [0.717, 1.165) is 35.4 Å². The maximum absolute atomic E-state index is 15.4. The Kier molecular flexibility index (Phi) is 5.71. The van der Waals surface area contributed by atoms with Crippen molar-refractivity contribution in [1.82, 2.24) is 25.2 Å². The molecule has 7 nitrogen and oxygen atoms in total. The number of pyridine rings is 1. The van der Waals surface area contributed by atoms with Crippen molar-refractivity contribution in [2.45, 2.75) is 18.1 Å². The summed E-state index contributed by atoms with van der Waals surface area (Å²) < 4.78 is 59.3. The zero-order chi connectivity index (χ0) is 21.1. The summed E-state index contributed by atoms with van der Waals surface area (Å²) in [4.78, 5) is 3.67. The topological polar surface area (TPSA) is 97.0 Å². The van der Waals surface area contributed by atoms with Crippen LogP contribution in [0.3, 0.4) is 0 Å². The van der Waals surface area contributed by atoms with Gasteiger partial charge in [-0.3, -0.25) is 4.98 Å². The summed E-state index contributed by atoms with van der Waals surface area (Å²) in [7, 11) is 0. The molecule has 0 aliphatic heterocycles. The fourth-order valence-corrected chi connectivity index (χ4v) is 2.76. The number of alkyl halides is 2. The molecule has 0 amide bonds. The van der Waals surface area contributed by atoms with Crippen LogP contribution in [0.1, 0.15) is 16.8 Å². The van der Waals surface area contributed by atoms with Gasteiger partial charge in [0.05, 0.1) is 13.2 Å². The van der Waals surface area contributed by atoms with Gasteiger partial charge in [-0.2, -0.15) is 8.78 Å². The molecule has 0 aliphatic carbocycles. The van der Waals surface area contributed by atoms with Crippen molar-refractivity contribution in [1.29, 1.82) is 0 Å². The molecule has 11 heteroatoms. The molecule has 0 bridgehead atoms. The van der Waals surface area contributed by atoms with E-state index in [-0.39, 0.29) is 6.61 Å². The quantitative estimate of drug-likeness (QED) is 0.580. The predicted molar refractivity (Wildman–Crippen MR) is 92.3 cm³/mol. The Morgan fingerprint density at radius 3 is 2.52 bits per heavy atom. The molecule has 3 rings (SSSR count). The first-order valence-corrected chi connectivity index (χ1v) is 8.28. The van der Waals surface area contributed by atoms with Gasteiger partial charge in [0, 0.05) is 17.8 Å². The van der Waals surface area contributed by atoms with Crippen molar-refractivity contribution in [2.75, 3.05) is 6.61 Å². The van der Waals surface area contributed by atoms with E-state index in [1.165, 1.54) is 18.2 Å². The van der Waals surface area contributed by atoms with Crippen molar-refractivity contribution >= 4 is 6.08 Å². The number of hydrogen-bond donors (Lipinski definition) is 2. The maximum Gasteiger partial charge on any atom is 0.323 e. The van der Waals surface area contributed by atoms with Crippen molar-refractivity contribution in [3.63, 3.8) is 0 Å². The summed E-state index contributed by atoms with van der Waals surface area (Å²) >= 11 is 0. The summed E-state index contributed by atoms with van der Waals surface area (Å²) in [6, 6.07) is 4.15. The molecule has 3 aromatic rings. The number of tetrazole rings is 1. The molecule has 29 heavy (non-hydrogen) atoms. The van der Waals surface area contributed by atoms with E-state index < -0.39 is 41.0 Å². The molecule has 0 aliphatic rings. The standard InChI is InChI=1S/C18H15F4N5O2/c19-13-4-5-14(15(20)8-13)17(29,10-27-11-24-25-26-27)18(21,22)16-6-3-12(9-23-16)2-1-7-28/h1-6,8-9,11,28-29H,7,10H2. The molecule has 0 fully saturated rings. The zero-order valence-electron chi connectivity index (χ0n) is 14.8. The molecular formula is C18H15F4N5O2. The molecule has 2 aromatic heterocycles. The van der Waals surface area contributed by atoms with Crippen LogP contribution in [-0.4, -0.2) is 42.0 Å². The first-order valence-electron chi connectivity index (χ1n) is 8.28. The molecule has 0 radical (unpaired) electrons. The molecule has 1 atom stereocenters. The lowest BCUT2D eigenvalue weighted by Gasteiger charge is -2.35. The third kappa shape index (κ3) is 4.00. The van der Waals surface area contributed by atoms with Crippen LogP contribution in [0, 0.1) is 11.6 Å². The zero-order valence-corrected chi connectivity index (χ0v) is 14.8. The minimum Gasteiger partial charge on any atom is -0.392 e. The Morgan fingerprint density at radius 1 is 1.14 bits per heavy atom. The Hall–Kier alpha value is -3.18. The lowest BCUT2D eigenvalue weighted by atomic mass is 9.84. The van der Waals surface area contributed by atoms with Crippen molar-refractivity contribution < 1.29 is 27.8 Å². The maximum atomic E-state index is 15.4. The van der Waals surface area contributed by atoms with Gasteiger partial charge in [0.15, 0.2) is 5.60 Å². The van der Waals surface area contributed by atoms with Crippen LogP contribution >= 0.6 is 0 Å². The number of hydrogen-bond acceptors (Lipinski definition) is 6. The Labute approximate surface area is 161 Å². The summed E-state index contributed by atoms with van der Waals surface area (Å²) in [5, 5.41) is 29.8. The molecular weight excluding hydrogens is 394 g/mol. The van der Waals surface area contributed by atoms with Gasteiger partial charge in [-0.1, -0.05) is 18.2 Å². The van der Waals surface area contributed by atoms with Crippen LogP contribution in [0.5, 0.6) is 0 Å². The first-order chi connectivity index (χ1) is 13.8. The molecule has 2 N–H and O–H groups in total. The first kappa shape index (κ1) is 20.6. The molecule has 0 saturated carbocycles. The number of aliphatic hydroxyl groups excluding tert-OH is 1. The van der Waals surface area contributed by atoms with Gasteiger partial charge in [0.1, 0.15) is 23.7 Å². The van der Waals surface area contributed by atoms with E-state index in [0.29, 0.717) is 11.6 Å². The fourth-order valence-electron chi connectivity index (χ4n) is 2.76. The molecule has 1 unspecified atom stereocenters. The van der Waals surface area contributed by atoms with Crippen LogP contribution in [-0.2, 0) is 18.1 Å².